The van der Waals surface area contributed by atoms with Crippen LogP contribution in [-0.4, -0.2) is 92.3 Å². The van der Waals surface area contributed by atoms with Gasteiger partial charge in [-0.05, 0) is 42.5 Å². The molecule has 3 aromatic rings. The van der Waals surface area contributed by atoms with Crippen molar-refractivity contribution in [2.75, 3.05) is 76.3 Å². The van der Waals surface area contributed by atoms with Crippen LogP contribution >= 0.6 is 0 Å². The molecule has 2 saturated heterocycles. The molecule has 35 heavy (non-hydrogen) atoms. The average Bonchev–Trinajstić information content (AvgIpc) is 3.29. The Bertz CT molecular complexity index is 1170. The Morgan fingerprint density at radius 2 is 1.31 bits per heavy atom. The van der Waals surface area contributed by atoms with Gasteiger partial charge in [-0.25, -0.2) is 4.98 Å². The Hall–Kier alpha value is -3.31. The monoisotopic (exact) mass is 479 g/mol. The topological polar surface area (TPSA) is 109 Å². The van der Waals surface area contributed by atoms with Gasteiger partial charge in [-0.2, -0.15) is 0 Å². The van der Waals surface area contributed by atoms with Crippen LogP contribution in [-0.2, 0) is 19.1 Å². The lowest BCUT2D eigenvalue weighted by Gasteiger charge is -2.25. The van der Waals surface area contributed by atoms with E-state index in [1.54, 1.807) is 12.1 Å². The molecular formula is C25H29N5O5. The van der Waals surface area contributed by atoms with Crippen LogP contribution in [0.2, 0.25) is 0 Å². The van der Waals surface area contributed by atoms with E-state index in [2.05, 4.69) is 25.4 Å². The molecule has 2 N–H and O–H groups in total. The highest BCUT2D eigenvalue weighted by Gasteiger charge is 2.16. The van der Waals surface area contributed by atoms with Crippen LogP contribution in [0.3, 0.4) is 0 Å². The number of hydrogen-bond donors (Lipinski definition) is 2. The predicted octanol–water partition coefficient (Wildman–Crippen LogP) is 2.04. The third kappa shape index (κ3) is 6.23. The number of ether oxygens (including phenoxy) is 2. The quantitative estimate of drug-likeness (QED) is 0.530. The molecule has 2 amide bonds. The van der Waals surface area contributed by atoms with Gasteiger partial charge in [0.05, 0.1) is 39.5 Å². The molecule has 3 heterocycles. The number of hydrogen-bond acceptors (Lipinski definition) is 8. The summed E-state index contributed by atoms with van der Waals surface area (Å²) >= 11 is 0. The predicted molar refractivity (Wildman–Crippen MR) is 131 cm³/mol. The van der Waals surface area contributed by atoms with Gasteiger partial charge in [0.15, 0.2) is 5.58 Å². The zero-order chi connectivity index (χ0) is 24.0. The fourth-order valence-corrected chi connectivity index (χ4v) is 4.15. The molecule has 2 aromatic carbocycles. The maximum Gasteiger partial charge on any atom is 0.238 e. The highest BCUT2D eigenvalue weighted by Crippen LogP contribution is 2.27. The van der Waals surface area contributed by atoms with E-state index in [1.165, 1.54) is 0 Å². The minimum Gasteiger partial charge on any atom is -0.436 e. The van der Waals surface area contributed by atoms with Crippen molar-refractivity contribution in [3.05, 3.63) is 42.5 Å². The molecule has 5 rings (SSSR count). The number of oxazole rings is 1. The Labute approximate surface area is 203 Å². The molecule has 10 nitrogen and oxygen atoms in total. The highest BCUT2D eigenvalue weighted by molar-refractivity contribution is 5.94. The molecule has 0 saturated carbocycles. The Kier molecular flexibility index (Phi) is 7.34. The van der Waals surface area contributed by atoms with Gasteiger partial charge < -0.3 is 24.5 Å². The summed E-state index contributed by atoms with van der Waals surface area (Å²) in [5, 5.41) is 5.86. The lowest BCUT2D eigenvalue weighted by atomic mass is 10.2. The number of anilines is 2. The van der Waals surface area contributed by atoms with Crippen molar-refractivity contribution >= 4 is 34.3 Å². The van der Waals surface area contributed by atoms with Crippen molar-refractivity contribution in [2.45, 2.75) is 0 Å². The van der Waals surface area contributed by atoms with Crippen LogP contribution < -0.4 is 10.6 Å². The number of fused-ring (bicyclic) bond motifs is 1. The number of carbonyl (C=O) groups excluding carboxylic acids is 2. The van der Waals surface area contributed by atoms with Crippen molar-refractivity contribution in [3.63, 3.8) is 0 Å². The van der Waals surface area contributed by atoms with E-state index in [0.717, 1.165) is 31.7 Å². The number of carbonyl (C=O) groups is 2. The van der Waals surface area contributed by atoms with Gasteiger partial charge >= 0.3 is 0 Å². The summed E-state index contributed by atoms with van der Waals surface area (Å²) in [4.78, 5) is 33.4. The number of aromatic nitrogens is 1. The third-order valence-electron chi connectivity index (χ3n) is 6.03. The van der Waals surface area contributed by atoms with E-state index in [4.69, 9.17) is 13.9 Å². The van der Waals surface area contributed by atoms with Gasteiger partial charge in [0.1, 0.15) is 5.52 Å². The van der Waals surface area contributed by atoms with Crippen molar-refractivity contribution in [2.24, 2.45) is 0 Å². The van der Waals surface area contributed by atoms with Crippen molar-refractivity contribution in [1.82, 2.24) is 14.8 Å². The fourth-order valence-electron chi connectivity index (χ4n) is 4.15. The molecule has 0 bridgehead atoms. The zero-order valence-electron chi connectivity index (χ0n) is 19.5. The average molecular weight is 480 g/mol. The van der Waals surface area contributed by atoms with E-state index in [9.17, 15) is 9.59 Å². The first kappa shape index (κ1) is 23.4. The van der Waals surface area contributed by atoms with Crippen molar-refractivity contribution in [3.8, 4) is 11.5 Å². The lowest BCUT2D eigenvalue weighted by molar-refractivity contribution is -0.119. The van der Waals surface area contributed by atoms with Gasteiger partial charge in [0, 0.05) is 43.1 Å². The molecular weight excluding hydrogens is 450 g/mol. The normalized spacial score (nSPS) is 17.4. The maximum atomic E-state index is 12.4. The first-order chi connectivity index (χ1) is 17.1. The molecule has 0 radical (unpaired) electrons. The lowest BCUT2D eigenvalue weighted by Crippen LogP contribution is -2.41. The SMILES string of the molecule is O=C(CN1CCOCC1)Nc1ccc(-c2nc3cc(NC(=O)CN4CCOCC4)ccc3o2)cc1. The van der Waals surface area contributed by atoms with Gasteiger partial charge in [-0.3, -0.25) is 19.4 Å². The first-order valence-electron chi connectivity index (χ1n) is 11.8. The van der Waals surface area contributed by atoms with E-state index in [1.807, 2.05) is 30.3 Å². The van der Waals surface area contributed by atoms with Gasteiger partial charge in [0.25, 0.3) is 0 Å². The molecule has 0 unspecified atom stereocenters. The van der Waals surface area contributed by atoms with Crippen molar-refractivity contribution in [1.29, 1.82) is 0 Å². The Balaban J connectivity index is 1.19. The largest absolute Gasteiger partial charge is 0.436 e. The van der Waals surface area contributed by atoms with E-state index in [0.29, 0.717) is 67.9 Å². The van der Waals surface area contributed by atoms with Crippen LogP contribution in [0.15, 0.2) is 46.9 Å². The number of nitrogens with one attached hydrogen (secondary N) is 2. The smallest absolute Gasteiger partial charge is 0.238 e. The van der Waals surface area contributed by atoms with Crippen molar-refractivity contribution < 1.29 is 23.5 Å². The zero-order valence-corrected chi connectivity index (χ0v) is 19.5. The molecule has 0 spiro atoms. The Morgan fingerprint density at radius 1 is 0.771 bits per heavy atom. The number of amides is 2. The number of rotatable bonds is 7. The summed E-state index contributed by atoms with van der Waals surface area (Å²) in [5.41, 5.74) is 3.48. The fraction of sp³-hybridized carbons (Fsp3) is 0.400. The summed E-state index contributed by atoms with van der Waals surface area (Å²) in [6, 6.07) is 12.8. The molecule has 1 aromatic heterocycles. The highest BCUT2D eigenvalue weighted by atomic mass is 16.5. The second-order valence-electron chi connectivity index (χ2n) is 8.65. The summed E-state index contributed by atoms with van der Waals surface area (Å²) in [7, 11) is 0. The van der Waals surface area contributed by atoms with Crippen LogP contribution in [0.5, 0.6) is 0 Å². The molecule has 0 aliphatic carbocycles. The van der Waals surface area contributed by atoms with Crippen LogP contribution in [0.4, 0.5) is 11.4 Å². The molecule has 0 atom stereocenters. The molecule has 10 heteroatoms. The summed E-state index contributed by atoms with van der Waals surface area (Å²) in [5.74, 6) is 0.355. The molecule has 2 aliphatic heterocycles. The third-order valence-corrected chi connectivity index (χ3v) is 6.03. The molecule has 2 aliphatic rings. The van der Waals surface area contributed by atoms with Gasteiger partial charge in [-0.1, -0.05) is 0 Å². The van der Waals surface area contributed by atoms with Crippen LogP contribution in [0.25, 0.3) is 22.6 Å². The van der Waals surface area contributed by atoms with E-state index >= 15 is 0 Å². The number of benzene rings is 2. The summed E-state index contributed by atoms with van der Waals surface area (Å²) < 4.78 is 16.5. The second-order valence-corrected chi connectivity index (χ2v) is 8.65. The van der Waals surface area contributed by atoms with Crippen LogP contribution in [0, 0.1) is 0 Å². The minimum absolute atomic E-state index is 0.0512. The number of morpholine rings is 2. The second kappa shape index (κ2) is 11.0. The van der Waals surface area contributed by atoms with E-state index in [-0.39, 0.29) is 11.8 Å². The first-order valence-corrected chi connectivity index (χ1v) is 11.8. The standard InChI is InChI=1S/C25H29N5O5/c31-23(16-29-7-11-33-12-8-29)26-19-3-1-18(2-4-19)25-28-21-15-20(5-6-22(21)35-25)27-24(32)17-30-9-13-34-14-10-30/h1-6,15H,7-14,16-17H2,(H,26,31)(H,27,32). The minimum atomic E-state index is -0.0683. The molecule has 184 valence electrons. The Morgan fingerprint density at radius 3 is 1.91 bits per heavy atom. The van der Waals surface area contributed by atoms with Gasteiger partial charge in [-0.15, -0.1) is 0 Å². The maximum absolute atomic E-state index is 12.4. The van der Waals surface area contributed by atoms with E-state index < -0.39 is 0 Å². The number of nitrogens with zero attached hydrogens (tertiary/aromatic N) is 3. The summed E-state index contributed by atoms with van der Waals surface area (Å²) in [6.07, 6.45) is 0. The van der Waals surface area contributed by atoms with Gasteiger partial charge in [0.2, 0.25) is 17.7 Å². The molecule has 2 fully saturated rings. The summed E-state index contributed by atoms with van der Waals surface area (Å²) in [6.45, 7) is 6.37. The van der Waals surface area contributed by atoms with Crippen LogP contribution in [0.1, 0.15) is 0 Å².